The second-order valence-electron chi connectivity index (χ2n) is 7.52. The van der Waals surface area contributed by atoms with Gasteiger partial charge in [-0.05, 0) is 36.1 Å². The maximum atomic E-state index is 12.7. The third-order valence-corrected chi connectivity index (χ3v) is 5.40. The van der Waals surface area contributed by atoms with Crippen LogP contribution in [0.2, 0.25) is 0 Å². The second kappa shape index (κ2) is 9.41. The van der Waals surface area contributed by atoms with E-state index in [-0.39, 0.29) is 5.91 Å². The predicted octanol–water partition coefficient (Wildman–Crippen LogP) is 1.22. The molecule has 162 valence electrons. The third-order valence-electron chi connectivity index (χ3n) is 5.40. The molecule has 10 heteroatoms. The van der Waals surface area contributed by atoms with Crippen LogP contribution in [-0.4, -0.2) is 74.5 Å². The number of benzene rings is 1. The number of amides is 2. The molecule has 0 spiro atoms. The largest absolute Gasteiger partial charge is 0.465 e. The van der Waals surface area contributed by atoms with Crippen molar-refractivity contribution in [2.45, 2.75) is 19.3 Å². The Morgan fingerprint density at radius 2 is 1.74 bits per heavy atom. The zero-order valence-corrected chi connectivity index (χ0v) is 17.1. The van der Waals surface area contributed by atoms with Crippen LogP contribution in [0.3, 0.4) is 0 Å². The van der Waals surface area contributed by atoms with Gasteiger partial charge in [0.15, 0.2) is 5.65 Å². The van der Waals surface area contributed by atoms with Crippen LogP contribution in [-0.2, 0) is 17.6 Å². The molecule has 10 nitrogen and oxygen atoms in total. The van der Waals surface area contributed by atoms with E-state index >= 15 is 0 Å². The maximum absolute atomic E-state index is 12.7. The topological polar surface area (TPSA) is 116 Å². The first-order chi connectivity index (χ1) is 15.1. The van der Waals surface area contributed by atoms with Crippen LogP contribution in [0, 0.1) is 0 Å². The summed E-state index contributed by atoms with van der Waals surface area (Å²) in [6.07, 6.45) is 2.50. The van der Waals surface area contributed by atoms with Gasteiger partial charge in [-0.25, -0.2) is 4.79 Å². The van der Waals surface area contributed by atoms with Gasteiger partial charge in [0.25, 0.3) is 0 Å². The quantitative estimate of drug-likeness (QED) is 0.549. The summed E-state index contributed by atoms with van der Waals surface area (Å²) in [4.78, 5) is 27.2. The normalized spacial score (nSPS) is 14.1. The van der Waals surface area contributed by atoms with Crippen molar-refractivity contribution in [3.63, 3.8) is 0 Å². The van der Waals surface area contributed by atoms with Crippen LogP contribution >= 0.6 is 0 Å². The average Bonchev–Trinajstić information content (AvgIpc) is 3.26. The number of hydrogen-bond acceptors (Lipinski definition) is 6. The molecule has 3 heterocycles. The van der Waals surface area contributed by atoms with Crippen molar-refractivity contribution in [3.05, 3.63) is 53.9 Å². The van der Waals surface area contributed by atoms with Crippen LogP contribution < -0.4 is 10.2 Å². The second-order valence-corrected chi connectivity index (χ2v) is 7.52. The smallest absolute Gasteiger partial charge is 0.404 e. The van der Waals surface area contributed by atoms with Crippen LogP contribution in [0.1, 0.15) is 17.5 Å². The Labute approximate surface area is 179 Å². The summed E-state index contributed by atoms with van der Waals surface area (Å²) in [5.74, 6) is 0.980. The van der Waals surface area contributed by atoms with Crippen molar-refractivity contribution in [2.75, 3.05) is 37.6 Å². The zero-order chi connectivity index (χ0) is 21.6. The molecule has 1 aliphatic heterocycles. The molecule has 0 bridgehead atoms. The van der Waals surface area contributed by atoms with Crippen molar-refractivity contribution in [1.29, 1.82) is 0 Å². The Hall–Kier alpha value is -3.69. The van der Waals surface area contributed by atoms with Crippen LogP contribution in [0.4, 0.5) is 10.6 Å². The highest BCUT2D eigenvalue weighted by Gasteiger charge is 2.22. The number of fused-ring (bicyclic) bond motifs is 1. The maximum Gasteiger partial charge on any atom is 0.404 e. The lowest BCUT2D eigenvalue weighted by atomic mass is 10.0. The Bertz CT molecular complexity index is 1040. The van der Waals surface area contributed by atoms with E-state index in [0.717, 1.165) is 42.9 Å². The summed E-state index contributed by atoms with van der Waals surface area (Å²) in [7, 11) is 0. The molecule has 4 rings (SSSR count). The summed E-state index contributed by atoms with van der Waals surface area (Å²) >= 11 is 0. The SMILES string of the molecule is O=C(O)NCCCc1ccc(CC(=O)N2CCN(c3ccc4nncn4n3)CC2)cc1. The van der Waals surface area contributed by atoms with Crippen molar-refractivity contribution < 1.29 is 14.7 Å². The molecule has 1 aromatic carbocycles. The van der Waals surface area contributed by atoms with E-state index in [4.69, 9.17) is 5.11 Å². The highest BCUT2D eigenvalue weighted by Crippen LogP contribution is 2.15. The number of hydrogen-bond donors (Lipinski definition) is 2. The number of piperazine rings is 1. The number of carbonyl (C=O) groups is 2. The van der Waals surface area contributed by atoms with E-state index in [2.05, 4.69) is 25.5 Å². The van der Waals surface area contributed by atoms with Gasteiger partial charge in [-0.15, -0.1) is 15.3 Å². The average molecular weight is 423 g/mol. The van der Waals surface area contributed by atoms with Crippen molar-refractivity contribution in [3.8, 4) is 0 Å². The first-order valence-corrected chi connectivity index (χ1v) is 10.3. The van der Waals surface area contributed by atoms with Crippen molar-refractivity contribution in [2.24, 2.45) is 0 Å². The minimum absolute atomic E-state index is 0.125. The fraction of sp³-hybridized carbons (Fsp3) is 0.381. The number of carbonyl (C=O) groups excluding carboxylic acids is 1. The van der Waals surface area contributed by atoms with Gasteiger partial charge < -0.3 is 20.2 Å². The minimum Gasteiger partial charge on any atom is -0.465 e. The van der Waals surface area contributed by atoms with E-state index in [9.17, 15) is 9.59 Å². The molecule has 1 aliphatic rings. The number of aromatic nitrogens is 4. The lowest BCUT2D eigenvalue weighted by Crippen LogP contribution is -2.49. The number of carboxylic acid groups (broad SMARTS) is 1. The first kappa shape index (κ1) is 20.6. The van der Waals surface area contributed by atoms with E-state index in [1.165, 1.54) is 0 Å². The van der Waals surface area contributed by atoms with Crippen LogP contribution in [0.25, 0.3) is 5.65 Å². The third kappa shape index (κ3) is 5.27. The van der Waals surface area contributed by atoms with Gasteiger partial charge in [0.1, 0.15) is 12.1 Å². The molecule has 31 heavy (non-hydrogen) atoms. The lowest BCUT2D eigenvalue weighted by Gasteiger charge is -2.35. The van der Waals surface area contributed by atoms with Gasteiger partial charge in [0, 0.05) is 32.7 Å². The Kier molecular flexibility index (Phi) is 6.25. The van der Waals surface area contributed by atoms with E-state index in [1.54, 1.807) is 10.8 Å². The van der Waals surface area contributed by atoms with Gasteiger partial charge in [-0.2, -0.15) is 4.52 Å². The molecule has 0 unspecified atom stereocenters. The number of rotatable bonds is 7. The molecular formula is C21H25N7O3. The lowest BCUT2D eigenvalue weighted by molar-refractivity contribution is -0.130. The van der Waals surface area contributed by atoms with Gasteiger partial charge in [-0.1, -0.05) is 24.3 Å². The molecule has 3 aromatic rings. The monoisotopic (exact) mass is 423 g/mol. The standard InChI is InChI=1S/C21H25N7O3/c29-20(14-17-5-3-16(4-6-17)2-1-9-22-21(30)31)27-12-10-26(11-13-27)19-8-7-18-24-23-15-28(18)25-19/h3-8,15,22H,1-2,9-14H2,(H,30,31). The highest BCUT2D eigenvalue weighted by atomic mass is 16.4. The van der Waals surface area contributed by atoms with Crippen LogP contribution in [0.5, 0.6) is 0 Å². The van der Waals surface area contributed by atoms with Crippen LogP contribution in [0.15, 0.2) is 42.7 Å². The molecule has 2 aromatic heterocycles. The van der Waals surface area contributed by atoms with Gasteiger partial charge >= 0.3 is 6.09 Å². The molecule has 0 atom stereocenters. The Morgan fingerprint density at radius 3 is 2.48 bits per heavy atom. The summed E-state index contributed by atoms with van der Waals surface area (Å²) in [6.45, 7) is 3.22. The number of nitrogens with one attached hydrogen (secondary N) is 1. The molecular weight excluding hydrogens is 398 g/mol. The molecule has 2 amide bonds. The summed E-state index contributed by atoms with van der Waals surface area (Å²) in [5.41, 5.74) is 2.83. The molecule has 1 saturated heterocycles. The van der Waals surface area contributed by atoms with E-state index < -0.39 is 6.09 Å². The van der Waals surface area contributed by atoms with Crippen molar-refractivity contribution in [1.82, 2.24) is 30.0 Å². The fourth-order valence-corrected chi connectivity index (χ4v) is 3.67. The number of anilines is 1. The van der Waals surface area contributed by atoms with Gasteiger partial charge in [0.05, 0.1) is 6.42 Å². The number of nitrogens with zero attached hydrogens (tertiary/aromatic N) is 6. The van der Waals surface area contributed by atoms with Gasteiger partial charge in [0.2, 0.25) is 5.91 Å². The fourth-order valence-electron chi connectivity index (χ4n) is 3.67. The molecule has 1 fully saturated rings. The Morgan fingerprint density at radius 1 is 1.00 bits per heavy atom. The van der Waals surface area contributed by atoms with Crippen molar-refractivity contribution >= 4 is 23.5 Å². The van der Waals surface area contributed by atoms with E-state index in [1.807, 2.05) is 41.3 Å². The Balaban J connectivity index is 1.24. The molecule has 0 saturated carbocycles. The number of aryl methyl sites for hydroxylation is 1. The zero-order valence-electron chi connectivity index (χ0n) is 17.1. The summed E-state index contributed by atoms with van der Waals surface area (Å²) < 4.78 is 1.65. The highest BCUT2D eigenvalue weighted by molar-refractivity contribution is 5.79. The summed E-state index contributed by atoms with van der Waals surface area (Å²) in [6, 6.07) is 11.8. The van der Waals surface area contributed by atoms with Gasteiger partial charge in [-0.3, -0.25) is 4.79 Å². The first-order valence-electron chi connectivity index (χ1n) is 10.3. The molecule has 2 N–H and O–H groups in total. The predicted molar refractivity (Wildman–Crippen MR) is 114 cm³/mol. The molecule has 0 aliphatic carbocycles. The summed E-state index contributed by atoms with van der Waals surface area (Å²) in [5, 5.41) is 23.3. The van der Waals surface area contributed by atoms with E-state index in [0.29, 0.717) is 31.7 Å². The molecule has 0 radical (unpaired) electrons. The minimum atomic E-state index is -0.998.